The quantitative estimate of drug-likeness (QED) is 0.761. The Morgan fingerprint density at radius 3 is 2.69 bits per heavy atom. The summed E-state index contributed by atoms with van der Waals surface area (Å²) in [6.45, 7) is 5.18. The Morgan fingerprint density at radius 1 is 1.44 bits per heavy atom. The SMILES string of the molecule is CCC(CC)N(C)Cc1cccnc1C#N. The van der Waals surface area contributed by atoms with Crippen molar-refractivity contribution in [3.8, 4) is 6.07 Å². The standard InChI is InChI=1S/C13H19N3/c1-4-12(5-2)16(3)10-11-7-6-8-15-13(11)9-14/h6-8,12H,4-5,10H2,1-3H3. The highest BCUT2D eigenvalue weighted by Crippen LogP contribution is 2.12. The molecule has 1 heterocycles. The molecular formula is C13H19N3. The smallest absolute Gasteiger partial charge is 0.144 e. The molecule has 0 amide bonds. The molecule has 86 valence electrons. The van der Waals surface area contributed by atoms with E-state index in [0.29, 0.717) is 11.7 Å². The van der Waals surface area contributed by atoms with Crippen LogP contribution in [0.5, 0.6) is 0 Å². The van der Waals surface area contributed by atoms with E-state index in [0.717, 1.165) is 24.9 Å². The fourth-order valence-electron chi connectivity index (χ4n) is 1.98. The summed E-state index contributed by atoms with van der Waals surface area (Å²) in [6, 6.07) is 6.58. The number of pyridine rings is 1. The van der Waals surface area contributed by atoms with Crippen LogP contribution in [0.4, 0.5) is 0 Å². The van der Waals surface area contributed by atoms with Crippen LogP contribution in [-0.4, -0.2) is 23.0 Å². The van der Waals surface area contributed by atoms with Gasteiger partial charge >= 0.3 is 0 Å². The van der Waals surface area contributed by atoms with Crippen LogP contribution in [0, 0.1) is 11.3 Å². The van der Waals surface area contributed by atoms with Gasteiger partial charge in [-0.25, -0.2) is 4.98 Å². The van der Waals surface area contributed by atoms with Gasteiger partial charge in [-0.1, -0.05) is 19.9 Å². The van der Waals surface area contributed by atoms with Gasteiger partial charge < -0.3 is 0 Å². The summed E-state index contributed by atoms with van der Waals surface area (Å²) in [5.74, 6) is 0. The lowest BCUT2D eigenvalue weighted by atomic mass is 10.1. The van der Waals surface area contributed by atoms with Gasteiger partial charge in [-0.15, -0.1) is 0 Å². The van der Waals surface area contributed by atoms with Crippen LogP contribution in [0.2, 0.25) is 0 Å². The Bertz CT molecular complexity index is 364. The van der Waals surface area contributed by atoms with E-state index in [1.165, 1.54) is 0 Å². The maximum atomic E-state index is 8.95. The summed E-state index contributed by atoms with van der Waals surface area (Å²) in [5.41, 5.74) is 1.56. The van der Waals surface area contributed by atoms with Crippen molar-refractivity contribution in [1.82, 2.24) is 9.88 Å². The van der Waals surface area contributed by atoms with E-state index >= 15 is 0 Å². The first kappa shape index (κ1) is 12.7. The molecule has 16 heavy (non-hydrogen) atoms. The molecule has 0 N–H and O–H groups in total. The van der Waals surface area contributed by atoms with E-state index in [9.17, 15) is 0 Å². The Labute approximate surface area is 97.7 Å². The highest BCUT2D eigenvalue weighted by Gasteiger charge is 2.12. The summed E-state index contributed by atoms with van der Waals surface area (Å²) in [4.78, 5) is 6.36. The highest BCUT2D eigenvalue weighted by atomic mass is 15.1. The van der Waals surface area contributed by atoms with Gasteiger partial charge in [-0.3, -0.25) is 4.90 Å². The molecule has 0 aromatic carbocycles. The first-order chi connectivity index (χ1) is 7.72. The molecule has 1 aromatic heterocycles. The third-order valence-electron chi connectivity index (χ3n) is 2.98. The number of aromatic nitrogens is 1. The van der Waals surface area contributed by atoms with Crippen molar-refractivity contribution in [3.05, 3.63) is 29.6 Å². The minimum Gasteiger partial charge on any atom is -0.299 e. The van der Waals surface area contributed by atoms with Crippen molar-refractivity contribution < 1.29 is 0 Å². The van der Waals surface area contributed by atoms with Crippen molar-refractivity contribution in [1.29, 1.82) is 5.26 Å². The van der Waals surface area contributed by atoms with E-state index in [-0.39, 0.29) is 0 Å². The number of hydrogen-bond acceptors (Lipinski definition) is 3. The van der Waals surface area contributed by atoms with Crippen LogP contribution >= 0.6 is 0 Å². The predicted octanol–water partition coefficient (Wildman–Crippen LogP) is 2.57. The summed E-state index contributed by atoms with van der Waals surface area (Å²) in [7, 11) is 2.10. The molecule has 1 aromatic rings. The molecule has 0 unspecified atom stereocenters. The minimum atomic E-state index is 0.542. The molecule has 0 saturated heterocycles. The topological polar surface area (TPSA) is 39.9 Å². The molecule has 0 fully saturated rings. The zero-order valence-corrected chi connectivity index (χ0v) is 10.3. The minimum absolute atomic E-state index is 0.542. The molecule has 0 aliphatic heterocycles. The largest absolute Gasteiger partial charge is 0.299 e. The van der Waals surface area contributed by atoms with E-state index in [1.54, 1.807) is 6.20 Å². The van der Waals surface area contributed by atoms with Crippen molar-refractivity contribution >= 4 is 0 Å². The fourth-order valence-corrected chi connectivity index (χ4v) is 1.98. The average molecular weight is 217 g/mol. The summed E-state index contributed by atoms with van der Waals surface area (Å²) in [6.07, 6.45) is 3.93. The normalized spacial score (nSPS) is 10.8. The number of nitriles is 1. The first-order valence-electron chi connectivity index (χ1n) is 5.77. The molecule has 0 aliphatic rings. The van der Waals surface area contributed by atoms with Gasteiger partial charge in [-0.2, -0.15) is 5.26 Å². The van der Waals surface area contributed by atoms with Crippen LogP contribution in [-0.2, 0) is 6.54 Å². The van der Waals surface area contributed by atoms with Crippen LogP contribution in [0.25, 0.3) is 0 Å². The molecule has 0 radical (unpaired) electrons. The van der Waals surface area contributed by atoms with Crippen LogP contribution in [0.15, 0.2) is 18.3 Å². The summed E-state index contributed by atoms with van der Waals surface area (Å²) < 4.78 is 0. The van der Waals surface area contributed by atoms with Crippen molar-refractivity contribution in [2.45, 2.75) is 39.3 Å². The van der Waals surface area contributed by atoms with Crippen LogP contribution in [0.3, 0.4) is 0 Å². The highest BCUT2D eigenvalue weighted by molar-refractivity contribution is 5.30. The average Bonchev–Trinajstić information content (AvgIpc) is 2.31. The van der Waals surface area contributed by atoms with Gasteiger partial charge in [0.25, 0.3) is 0 Å². The number of rotatable bonds is 5. The molecule has 3 heteroatoms. The maximum absolute atomic E-state index is 8.95. The zero-order chi connectivity index (χ0) is 12.0. The third-order valence-corrected chi connectivity index (χ3v) is 2.98. The molecule has 0 saturated carbocycles. The second-order valence-corrected chi connectivity index (χ2v) is 4.01. The van der Waals surface area contributed by atoms with Crippen molar-refractivity contribution in [3.63, 3.8) is 0 Å². The second-order valence-electron chi connectivity index (χ2n) is 4.01. The van der Waals surface area contributed by atoms with E-state index in [2.05, 4.69) is 36.8 Å². The Balaban J connectivity index is 2.76. The van der Waals surface area contributed by atoms with Gasteiger partial charge in [0.05, 0.1) is 0 Å². The monoisotopic (exact) mass is 217 g/mol. The zero-order valence-electron chi connectivity index (χ0n) is 10.3. The maximum Gasteiger partial charge on any atom is 0.144 e. The van der Waals surface area contributed by atoms with E-state index in [4.69, 9.17) is 5.26 Å². The van der Waals surface area contributed by atoms with Crippen LogP contribution in [0.1, 0.15) is 37.9 Å². The lowest BCUT2D eigenvalue weighted by Gasteiger charge is -2.26. The molecule has 0 aliphatic carbocycles. The molecular weight excluding hydrogens is 198 g/mol. The predicted molar refractivity (Wildman–Crippen MR) is 64.8 cm³/mol. The molecule has 0 atom stereocenters. The van der Waals surface area contributed by atoms with E-state index < -0.39 is 0 Å². The van der Waals surface area contributed by atoms with Gasteiger partial charge in [0, 0.05) is 24.3 Å². The van der Waals surface area contributed by atoms with Gasteiger partial charge in [0.15, 0.2) is 0 Å². The number of hydrogen-bond donors (Lipinski definition) is 0. The van der Waals surface area contributed by atoms with E-state index in [1.807, 2.05) is 12.1 Å². The molecule has 1 rings (SSSR count). The fraction of sp³-hybridized carbons (Fsp3) is 0.538. The van der Waals surface area contributed by atoms with Crippen LogP contribution < -0.4 is 0 Å². The molecule has 0 spiro atoms. The first-order valence-corrected chi connectivity index (χ1v) is 5.77. The molecule has 3 nitrogen and oxygen atoms in total. The van der Waals surface area contributed by atoms with Crippen molar-refractivity contribution in [2.75, 3.05) is 7.05 Å². The number of nitrogens with zero attached hydrogens (tertiary/aromatic N) is 3. The van der Waals surface area contributed by atoms with Gasteiger partial charge in [-0.05, 0) is 26.0 Å². The van der Waals surface area contributed by atoms with Gasteiger partial charge in [0.1, 0.15) is 11.8 Å². The molecule has 0 bridgehead atoms. The lowest BCUT2D eigenvalue weighted by molar-refractivity contribution is 0.221. The summed E-state index contributed by atoms with van der Waals surface area (Å²) >= 11 is 0. The Morgan fingerprint density at radius 2 is 2.12 bits per heavy atom. The Kier molecular flexibility index (Phi) is 4.94. The third kappa shape index (κ3) is 3.04. The van der Waals surface area contributed by atoms with Gasteiger partial charge in [0.2, 0.25) is 0 Å². The second kappa shape index (κ2) is 6.24. The Hall–Kier alpha value is -1.40. The summed E-state index contributed by atoms with van der Waals surface area (Å²) in [5, 5.41) is 8.95. The lowest BCUT2D eigenvalue weighted by Crippen LogP contribution is -2.30. The van der Waals surface area contributed by atoms with Crippen molar-refractivity contribution in [2.24, 2.45) is 0 Å².